The molecule has 0 atom stereocenters. The Kier molecular flexibility index (Phi) is 2.84. The molecule has 0 spiro atoms. The van der Waals surface area contributed by atoms with Crippen molar-refractivity contribution in [3.63, 3.8) is 0 Å². The molecule has 2 rings (SSSR count). The molecule has 0 aliphatic heterocycles. The molecule has 86 valence electrons. The molecule has 0 unspecified atom stereocenters. The molecule has 0 saturated heterocycles. The van der Waals surface area contributed by atoms with Crippen molar-refractivity contribution >= 4 is 27.4 Å². The smallest absolute Gasteiger partial charge is 0.312 e. The van der Waals surface area contributed by atoms with E-state index in [4.69, 9.17) is 0 Å². The third-order valence-electron chi connectivity index (χ3n) is 2.82. The maximum absolute atomic E-state index is 10.8. The second-order valence-corrected chi connectivity index (χ2v) is 5.36. The number of hydrogen-bond acceptors (Lipinski definition) is 4. The van der Waals surface area contributed by atoms with Gasteiger partial charge in [-0.15, -0.1) is 0 Å². The predicted molar refractivity (Wildman–Crippen MR) is 64.4 cm³/mol. The lowest BCUT2D eigenvalue weighted by Gasteiger charge is -2.10. The lowest BCUT2D eigenvalue weighted by atomic mass is 10.1. The normalized spacial score (nSPS) is 16.9. The van der Waals surface area contributed by atoms with Crippen LogP contribution in [-0.4, -0.2) is 16.5 Å². The number of halogens is 1. The topological polar surface area (TPSA) is 68.1 Å². The second-order valence-electron chi connectivity index (χ2n) is 4.44. The van der Waals surface area contributed by atoms with Gasteiger partial charge in [-0.05, 0) is 34.2 Å². The largest absolute Gasteiger partial charge is 0.364 e. The summed E-state index contributed by atoms with van der Waals surface area (Å²) in [6.45, 7) is 2.90. The number of hydrogen-bond donors (Lipinski definition) is 1. The van der Waals surface area contributed by atoms with Crippen molar-refractivity contribution in [2.45, 2.75) is 19.8 Å². The van der Waals surface area contributed by atoms with Gasteiger partial charge in [0.25, 0.3) is 0 Å². The lowest BCUT2D eigenvalue weighted by Crippen LogP contribution is -2.13. The van der Waals surface area contributed by atoms with E-state index < -0.39 is 4.92 Å². The molecule has 0 amide bonds. The lowest BCUT2D eigenvalue weighted by molar-refractivity contribution is -0.384. The van der Waals surface area contributed by atoms with Crippen molar-refractivity contribution in [1.29, 1.82) is 0 Å². The average Bonchev–Trinajstić information content (AvgIpc) is 2.95. The Morgan fingerprint density at radius 1 is 1.69 bits per heavy atom. The molecule has 1 aliphatic rings. The minimum atomic E-state index is -0.421. The van der Waals surface area contributed by atoms with Crippen LogP contribution in [0, 0.1) is 15.5 Å². The number of nitrogens with zero attached hydrogens (tertiary/aromatic N) is 2. The molecule has 1 N–H and O–H groups in total. The van der Waals surface area contributed by atoms with Gasteiger partial charge in [-0.2, -0.15) is 0 Å². The fraction of sp³-hybridized carbons (Fsp3) is 0.500. The van der Waals surface area contributed by atoms with Gasteiger partial charge in [-0.3, -0.25) is 10.1 Å². The van der Waals surface area contributed by atoms with E-state index in [0.29, 0.717) is 15.7 Å². The van der Waals surface area contributed by atoms with Gasteiger partial charge in [0, 0.05) is 23.3 Å². The van der Waals surface area contributed by atoms with E-state index in [1.54, 1.807) is 6.20 Å². The maximum Gasteiger partial charge on any atom is 0.312 e. The van der Waals surface area contributed by atoms with Crippen molar-refractivity contribution in [3.05, 3.63) is 26.9 Å². The molecule has 1 saturated carbocycles. The molecule has 1 heterocycles. The van der Waals surface area contributed by atoms with Crippen molar-refractivity contribution in [3.8, 4) is 0 Å². The summed E-state index contributed by atoms with van der Waals surface area (Å²) in [6.07, 6.45) is 3.90. The molecule has 1 aromatic heterocycles. The van der Waals surface area contributed by atoms with Gasteiger partial charge in [0.15, 0.2) is 0 Å². The first-order valence-electron chi connectivity index (χ1n) is 5.04. The molecule has 0 bridgehead atoms. The third kappa shape index (κ3) is 2.49. The number of rotatable bonds is 4. The molecule has 16 heavy (non-hydrogen) atoms. The summed E-state index contributed by atoms with van der Waals surface area (Å²) >= 11 is 3.17. The average molecular weight is 286 g/mol. The van der Waals surface area contributed by atoms with E-state index in [0.717, 1.165) is 6.54 Å². The van der Waals surface area contributed by atoms with E-state index in [2.05, 4.69) is 33.2 Å². The van der Waals surface area contributed by atoms with E-state index in [1.807, 2.05) is 0 Å². The summed E-state index contributed by atoms with van der Waals surface area (Å²) in [4.78, 5) is 14.4. The predicted octanol–water partition coefficient (Wildman–Crippen LogP) is 2.96. The molecule has 0 radical (unpaired) electrons. The zero-order valence-electron chi connectivity index (χ0n) is 8.86. The van der Waals surface area contributed by atoms with E-state index in [-0.39, 0.29) is 5.69 Å². The minimum Gasteiger partial charge on any atom is -0.364 e. The van der Waals surface area contributed by atoms with Crippen LogP contribution in [0.15, 0.2) is 16.7 Å². The summed E-state index contributed by atoms with van der Waals surface area (Å²) in [6, 6.07) is 1.46. The summed E-state index contributed by atoms with van der Waals surface area (Å²) in [5.74, 6) is 0.348. The summed E-state index contributed by atoms with van der Waals surface area (Å²) in [7, 11) is 0. The Morgan fingerprint density at radius 3 is 2.94 bits per heavy atom. The zero-order valence-corrected chi connectivity index (χ0v) is 10.5. The summed E-state index contributed by atoms with van der Waals surface area (Å²) < 4.78 is 0.613. The first-order chi connectivity index (χ1) is 7.50. The molecular weight excluding hydrogens is 274 g/mol. The van der Waals surface area contributed by atoms with Crippen molar-refractivity contribution in [2.24, 2.45) is 5.41 Å². The highest BCUT2D eigenvalue weighted by atomic mass is 79.9. The van der Waals surface area contributed by atoms with Gasteiger partial charge in [-0.1, -0.05) is 6.92 Å². The number of aromatic nitrogens is 1. The standard InChI is InChI=1S/C10H12BrN3O2/c1-10(2-3-10)6-13-9-8(14(15)16)4-7(11)5-12-9/h4-5H,2-3,6H2,1H3,(H,12,13). The molecule has 5 nitrogen and oxygen atoms in total. The third-order valence-corrected chi connectivity index (χ3v) is 3.25. The van der Waals surface area contributed by atoms with Crippen LogP contribution >= 0.6 is 15.9 Å². The van der Waals surface area contributed by atoms with E-state index in [9.17, 15) is 10.1 Å². The highest BCUT2D eigenvalue weighted by Crippen LogP contribution is 2.45. The Balaban J connectivity index is 2.15. The van der Waals surface area contributed by atoms with Crippen molar-refractivity contribution in [1.82, 2.24) is 4.98 Å². The van der Waals surface area contributed by atoms with E-state index >= 15 is 0 Å². The Labute approximate surface area is 102 Å². The highest BCUT2D eigenvalue weighted by Gasteiger charge is 2.37. The molecule has 6 heteroatoms. The SMILES string of the molecule is CC1(CNc2ncc(Br)cc2[N+](=O)[O-])CC1. The molecular formula is C10H12BrN3O2. The number of nitrogens with one attached hydrogen (secondary N) is 1. The van der Waals surface area contributed by atoms with Crippen LogP contribution in [-0.2, 0) is 0 Å². The fourth-order valence-corrected chi connectivity index (χ4v) is 1.71. The van der Waals surface area contributed by atoms with Crippen LogP contribution in [0.3, 0.4) is 0 Å². The zero-order chi connectivity index (χ0) is 11.8. The second kappa shape index (κ2) is 4.01. The number of nitro groups is 1. The monoisotopic (exact) mass is 285 g/mol. The van der Waals surface area contributed by atoms with Crippen LogP contribution in [0.1, 0.15) is 19.8 Å². The van der Waals surface area contributed by atoms with Gasteiger partial charge in [0.1, 0.15) is 0 Å². The summed E-state index contributed by atoms with van der Waals surface area (Å²) in [5, 5.41) is 13.9. The quantitative estimate of drug-likeness (QED) is 0.682. The van der Waals surface area contributed by atoms with Gasteiger partial charge in [0.2, 0.25) is 5.82 Å². The van der Waals surface area contributed by atoms with Crippen molar-refractivity contribution in [2.75, 3.05) is 11.9 Å². The Hall–Kier alpha value is -1.17. The Morgan fingerprint density at radius 2 is 2.38 bits per heavy atom. The first kappa shape index (κ1) is 11.3. The van der Waals surface area contributed by atoms with Crippen LogP contribution in [0.5, 0.6) is 0 Å². The Bertz CT molecular complexity index is 432. The molecule has 1 fully saturated rings. The van der Waals surface area contributed by atoms with Gasteiger partial charge in [-0.25, -0.2) is 4.98 Å². The minimum absolute atomic E-state index is 0.0126. The van der Waals surface area contributed by atoms with E-state index in [1.165, 1.54) is 18.9 Å². The number of pyridine rings is 1. The number of anilines is 1. The molecule has 1 aliphatic carbocycles. The molecule has 1 aromatic rings. The van der Waals surface area contributed by atoms with Gasteiger partial charge < -0.3 is 5.32 Å². The first-order valence-corrected chi connectivity index (χ1v) is 5.83. The van der Waals surface area contributed by atoms with Crippen LogP contribution < -0.4 is 5.32 Å². The van der Waals surface area contributed by atoms with Gasteiger partial charge >= 0.3 is 5.69 Å². The maximum atomic E-state index is 10.8. The summed E-state index contributed by atoms with van der Waals surface area (Å²) in [5.41, 5.74) is 0.307. The fourth-order valence-electron chi connectivity index (χ4n) is 1.39. The van der Waals surface area contributed by atoms with Crippen LogP contribution in [0.25, 0.3) is 0 Å². The van der Waals surface area contributed by atoms with Crippen LogP contribution in [0.4, 0.5) is 11.5 Å². The van der Waals surface area contributed by atoms with Gasteiger partial charge in [0.05, 0.1) is 4.92 Å². The highest BCUT2D eigenvalue weighted by molar-refractivity contribution is 9.10. The van der Waals surface area contributed by atoms with Crippen LogP contribution in [0.2, 0.25) is 0 Å². The molecule has 0 aromatic carbocycles. The van der Waals surface area contributed by atoms with Crippen molar-refractivity contribution < 1.29 is 4.92 Å².